The van der Waals surface area contributed by atoms with Crippen molar-refractivity contribution in [3.8, 4) is 0 Å². The Morgan fingerprint density at radius 2 is 1.68 bits per heavy atom. The lowest BCUT2D eigenvalue weighted by Crippen LogP contribution is -2.51. The molecule has 3 aliphatic rings. The highest BCUT2D eigenvalue weighted by Gasteiger charge is 2.48. The van der Waals surface area contributed by atoms with E-state index in [1.807, 2.05) is 13.8 Å². The van der Waals surface area contributed by atoms with E-state index in [9.17, 15) is 9.59 Å². The number of nitrogens with one attached hydrogen (secondary N) is 1. The van der Waals surface area contributed by atoms with Crippen molar-refractivity contribution in [2.45, 2.75) is 58.0 Å². The lowest BCUT2D eigenvalue weighted by atomic mass is 9.99. The maximum Gasteiger partial charge on any atom is 0.245 e. The van der Waals surface area contributed by atoms with Gasteiger partial charge in [0.2, 0.25) is 11.8 Å². The quantitative estimate of drug-likeness (QED) is 0.837. The van der Waals surface area contributed by atoms with Gasteiger partial charge in [0.1, 0.15) is 6.04 Å². The van der Waals surface area contributed by atoms with Crippen molar-refractivity contribution in [3.63, 3.8) is 0 Å². The molecule has 1 aliphatic heterocycles. The number of nitrogens with zero attached hydrogens (tertiary/aromatic N) is 1. The lowest BCUT2D eigenvalue weighted by Gasteiger charge is -2.33. The Labute approximate surface area is 114 Å². The molecule has 0 spiro atoms. The van der Waals surface area contributed by atoms with Crippen LogP contribution in [0.15, 0.2) is 0 Å². The molecule has 1 atom stereocenters. The standard InChI is InChI=1S/C15H24N2O2/c1-9(2)13-15(19)17(8-7-12(18)16-13)14(10-3-4-10)11-5-6-11/h9-11,13-14H,3-8H2,1-2H3,(H,16,18). The van der Waals surface area contributed by atoms with Gasteiger partial charge in [-0.1, -0.05) is 13.8 Å². The molecule has 1 saturated heterocycles. The molecular formula is C15H24N2O2. The average molecular weight is 264 g/mol. The minimum atomic E-state index is -0.324. The first-order chi connectivity index (χ1) is 9.08. The summed E-state index contributed by atoms with van der Waals surface area (Å²) >= 11 is 0. The molecule has 2 aliphatic carbocycles. The van der Waals surface area contributed by atoms with Gasteiger partial charge in [-0.3, -0.25) is 9.59 Å². The van der Waals surface area contributed by atoms with Crippen LogP contribution >= 0.6 is 0 Å². The van der Waals surface area contributed by atoms with Crippen LogP contribution in [0.4, 0.5) is 0 Å². The molecule has 2 saturated carbocycles. The molecule has 3 fully saturated rings. The zero-order valence-electron chi connectivity index (χ0n) is 11.9. The molecule has 2 amide bonds. The number of carbonyl (C=O) groups is 2. The van der Waals surface area contributed by atoms with E-state index in [1.165, 1.54) is 25.7 Å². The van der Waals surface area contributed by atoms with Gasteiger partial charge in [-0.15, -0.1) is 0 Å². The minimum Gasteiger partial charge on any atom is -0.344 e. The molecular weight excluding hydrogens is 240 g/mol. The van der Waals surface area contributed by atoms with Crippen LogP contribution in [-0.4, -0.2) is 35.3 Å². The van der Waals surface area contributed by atoms with Crippen LogP contribution in [0.2, 0.25) is 0 Å². The van der Waals surface area contributed by atoms with Gasteiger partial charge in [-0.05, 0) is 43.4 Å². The Balaban J connectivity index is 1.81. The van der Waals surface area contributed by atoms with Crippen LogP contribution in [-0.2, 0) is 9.59 Å². The molecule has 0 radical (unpaired) electrons. The number of hydrogen-bond acceptors (Lipinski definition) is 2. The molecule has 0 aromatic carbocycles. The van der Waals surface area contributed by atoms with Crippen molar-refractivity contribution < 1.29 is 9.59 Å². The van der Waals surface area contributed by atoms with Gasteiger partial charge in [-0.25, -0.2) is 0 Å². The molecule has 1 heterocycles. The van der Waals surface area contributed by atoms with Gasteiger partial charge in [0, 0.05) is 19.0 Å². The Kier molecular flexibility index (Phi) is 3.27. The Morgan fingerprint density at radius 3 is 2.16 bits per heavy atom. The predicted molar refractivity (Wildman–Crippen MR) is 72.3 cm³/mol. The fourth-order valence-electron chi connectivity index (χ4n) is 3.34. The highest BCUT2D eigenvalue weighted by Crippen LogP contribution is 2.47. The van der Waals surface area contributed by atoms with Gasteiger partial charge < -0.3 is 10.2 Å². The number of amides is 2. The third-order valence-corrected chi connectivity index (χ3v) is 4.68. The highest BCUT2D eigenvalue weighted by molar-refractivity contribution is 5.90. The van der Waals surface area contributed by atoms with Gasteiger partial charge in [-0.2, -0.15) is 0 Å². The first kappa shape index (κ1) is 12.9. The minimum absolute atomic E-state index is 0.0277. The summed E-state index contributed by atoms with van der Waals surface area (Å²) in [6.45, 7) is 4.64. The maximum absolute atomic E-state index is 12.7. The van der Waals surface area contributed by atoms with Gasteiger partial charge >= 0.3 is 0 Å². The van der Waals surface area contributed by atoms with Gasteiger partial charge in [0.25, 0.3) is 0 Å². The van der Waals surface area contributed by atoms with Crippen molar-refractivity contribution in [3.05, 3.63) is 0 Å². The number of rotatable bonds is 4. The second-order valence-corrected chi connectivity index (χ2v) is 6.74. The van der Waals surface area contributed by atoms with Crippen molar-refractivity contribution in [2.24, 2.45) is 17.8 Å². The molecule has 1 N–H and O–H groups in total. The lowest BCUT2D eigenvalue weighted by molar-refractivity contribution is -0.137. The molecule has 0 aromatic rings. The predicted octanol–water partition coefficient (Wildman–Crippen LogP) is 1.55. The number of hydrogen-bond donors (Lipinski definition) is 1. The van der Waals surface area contributed by atoms with E-state index in [0.717, 1.165) is 0 Å². The van der Waals surface area contributed by atoms with Crippen molar-refractivity contribution in [1.82, 2.24) is 10.2 Å². The molecule has 0 aromatic heterocycles. The first-order valence-corrected chi connectivity index (χ1v) is 7.67. The van der Waals surface area contributed by atoms with E-state index < -0.39 is 0 Å². The topological polar surface area (TPSA) is 49.4 Å². The summed E-state index contributed by atoms with van der Waals surface area (Å²) in [4.78, 5) is 26.6. The van der Waals surface area contributed by atoms with Crippen LogP contribution in [0, 0.1) is 17.8 Å². The SMILES string of the molecule is CC(C)C1NC(=O)CCN(C(C2CC2)C2CC2)C1=O. The molecule has 4 heteroatoms. The van der Waals surface area contributed by atoms with Crippen LogP contribution < -0.4 is 5.32 Å². The highest BCUT2D eigenvalue weighted by atomic mass is 16.2. The van der Waals surface area contributed by atoms with Crippen molar-refractivity contribution >= 4 is 11.8 Å². The molecule has 0 bridgehead atoms. The largest absolute Gasteiger partial charge is 0.344 e. The summed E-state index contributed by atoms with van der Waals surface area (Å²) in [6, 6.07) is 0.0939. The van der Waals surface area contributed by atoms with E-state index in [1.54, 1.807) is 0 Å². The van der Waals surface area contributed by atoms with E-state index in [-0.39, 0.29) is 23.8 Å². The van der Waals surface area contributed by atoms with Gasteiger partial charge in [0.05, 0.1) is 0 Å². The van der Waals surface area contributed by atoms with E-state index in [0.29, 0.717) is 30.8 Å². The molecule has 19 heavy (non-hydrogen) atoms. The fraction of sp³-hybridized carbons (Fsp3) is 0.867. The van der Waals surface area contributed by atoms with E-state index in [2.05, 4.69) is 10.2 Å². The molecule has 4 nitrogen and oxygen atoms in total. The average Bonchev–Trinajstić information content (AvgIpc) is 3.21. The summed E-state index contributed by atoms with van der Waals surface area (Å²) in [5, 5.41) is 2.90. The van der Waals surface area contributed by atoms with E-state index >= 15 is 0 Å². The molecule has 1 unspecified atom stereocenters. The zero-order valence-corrected chi connectivity index (χ0v) is 11.9. The Hall–Kier alpha value is -1.06. The third kappa shape index (κ3) is 2.63. The second-order valence-electron chi connectivity index (χ2n) is 6.74. The summed E-state index contributed by atoms with van der Waals surface area (Å²) in [5.41, 5.74) is 0. The normalized spacial score (nSPS) is 28.8. The summed E-state index contributed by atoms with van der Waals surface area (Å²) in [6.07, 6.45) is 5.51. The first-order valence-electron chi connectivity index (χ1n) is 7.67. The number of carbonyl (C=O) groups excluding carboxylic acids is 2. The smallest absolute Gasteiger partial charge is 0.245 e. The molecule has 106 valence electrons. The van der Waals surface area contributed by atoms with Crippen molar-refractivity contribution in [1.29, 1.82) is 0 Å². The molecule has 3 rings (SSSR count). The van der Waals surface area contributed by atoms with Crippen molar-refractivity contribution in [2.75, 3.05) is 6.54 Å². The summed E-state index contributed by atoms with van der Waals surface area (Å²) in [5.74, 6) is 1.76. The van der Waals surface area contributed by atoms with Crippen LogP contribution in [0.3, 0.4) is 0 Å². The monoisotopic (exact) mass is 264 g/mol. The van der Waals surface area contributed by atoms with Crippen LogP contribution in [0.1, 0.15) is 46.0 Å². The summed E-state index contributed by atoms with van der Waals surface area (Å²) < 4.78 is 0. The zero-order chi connectivity index (χ0) is 13.6. The van der Waals surface area contributed by atoms with E-state index in [4.69, 9.17) is 0 Å². The second kappa shape index (κ2) is 4.80. The van der Waals surface area contributed by atoms with Gasteiger partial charge in [0.15, 0.2) is 0 Å². The van der Waals surface area contributed by atoms with Crippen LogP contribution in [0.5, 0.6) is 0 Å². The Bertz CT molecular complexity index is 374. The Morgan fingerprint density at radius 1 is 1.11 bits per heavy atom. The maximum atomic E-state index is 12.7. The summed E-state index contributed by atoms with van der Waals surface area (Å²) in [7, 11) is 0. The fourth-order valence-corrected chi connectivity index (χ4v) is 3.34. The van der Waals surface area contributed by atoms with Crippen LogP contribution in [0.25, 0.3) is 0 Å². The third-order valence-electron chi connectivity index (χ3n) is 4.68.